The Hall–Kier alpha value is -1.59. The van der Waals surface area contributed by atoms with E-state index in [2.05, 4.69) is 12.1 Å². The molecule has 1 amide bonds. The van der Waals surface area contributed by atoms with E-state index in [1.54, 1.807) is 0 Å². The summed E-state index contributed by atoms with van der Waals surface area (Å²) >= 11 is 0. The van der Waals surface area contributed by atoms with Crippen LogP contribution in [0.25, 0.3) is 0 Å². The highest BCUT2D eigenvalue weighted by molar-refractivity contribution is 5.66. The maximum Gasteiger partial charge on any atom is 0.433 e. The molecular formula is C15H19NO4. The number of nitrogens with zero attached hydrogens (tertiary/aromatic N) is 1. The number of carbonyl (C=O) groups excluding carboxylic acids is 1. The molecule has 2 aliphatic rings. The second kappa shape index (κ2) is 5.81. The van der Waals surface area contributed by atoms with Crippen LogP contribution in [0.5, 0.6) is 0 Å². The lowest BCUT2D eigenvalue weighted by atomic mass is 10.1. The van der Waals surface area contributed by atoms with E-state index in [1.807, 2.05) is 18.2 Å². The average Bonchev–Trinajstić information content (AvgIpc) is 3.05. The third-order valence-corrected chi connectivity index (χ3v) is 4.03. The Morgan fingerprint density at radius 2 is 2.15 bits per heavy atom. The maximum atomic E-state index is 11.6. The number of hydrogen-bond acceptors (Lipinski definition) is 4. The van der Waals surface area contributed by atoms with Gasteiger partial charge in [-0.2, -0.15) is 5.06 Å². The molecule has 0 aromatic heterocycles. The quantitative estimate of drug-likeness (QED) is 0.851. The number of carbonyl (C=O) groups is 1. The molecule has 1 saturated carbocycles. The van der Waals surface area contributed by atoms with Crippen LogP contribution >= 0.6 is 0 Å². The lowest BCUT2D eigenvalue weighted by molar-refractivity contribution is -0.114. The molecule has 5 nitrogen and oxygen atoms in total. The van der Waals surface area contributed by atoms with Gasteiger partial charge in [0.1, 0.15) is 0 Å². The van der Waals surface area contributed by atoms with Crippen LogP contribution in [0.1, 0.15) is 18.4 Å². The lowest BCUT2D eigenvalue weighted by Crippen LogP contribution is -2.35. The SMILES string of the molecule is COC(=O)N1OC[C@@H]2C[C@@H](OCc3ccccc3)C[C@@H]21. The molecule has 3 rings (SSSR count). The molecule has 5 heteroatoms. The largest absolute Gasteiger partial charge is 0.451 e. The van der Waals surface area contributed by atoms with Crippen LogP contribution < -0.4 is 0 Å². The van der Waals surface area contributed by atoms with E-state index in [1.165, 1.54) is 17.7 Å². The first-order chi connectivity index (χ1) is 9.78. The molecule has 0 N–H and O–H groups in total. The minimum atomic E-state index is -0.416. The van der Waals surface area contributed by atoms with Crippen molar-refractivity contribution in [3.63, 3.8) is 0 Å². The van der Waals surface area contributed by atoms with Gasteiger partial charge in [-0.3, -0.25) is 4.84 Å². The van der Waals surface area contributed by atoms with Gasteiger partial charge >= 0.3 is 6.09 Å². The van der Waals surface area contributed by atoms with Crippen LogP contribution in [0.3, 0.4) is 0 Å². The predicted octanol–water partition coefficient (Wildman–Crippen LogP) is 2.36. The minimum Gasteiger partial charge on any atom is -0.451 e. The molecule has 3 atom stereocenters. The van der Waals surface area contributed by atoms with Gasteiger partial charge in [0.05, 0.1) is 32.5 Å². The van der Waals surface area contributed by atoms with Crippen molar-refractivity contribution >= 4 is 6.09 Å². The molecule has 1 saturated heterocycles. The van der Waals surface area contributed by atoms with Crippen LogP contribution in [-0.2, 0) is 20.9 Å². The smallest absolute Gasteiger partial charge is 0.433 e. The molecular weight excluding hydrogens is 258 g/mol. The topological polar surface area (TPSA) is 48.0 Å². The van der Waals surface area contributed by atoms with Crippen molar-refractivity contribution in [3.8, 4) is 0 Å². The Kier molecular flexibility index (Phi) is 3.89. The fraction of sp³-hybridized carbons (Fsp3) is 0.533. The summed E-state index contributed by atoms with van der Waals surface area (Å²) in [4.78, 5) is 17.0. The van der Waals surface area contributed by atoms with Crippen LogP contribution in [0.4, 0.5) is 4.79 Å². The van der Waals surface area contributed by atoms with Crippen LogP contribution in [0.2, 0.25) is 0 Å². The van der Waals surface area contributed by atoms with Crippen molar-refractivity contribution < 1.29 is 19.1 Å². The molecule has 1 aromatic rings. The molecule has 2 fully saturated rings. The normalized spacial score (nSPS) is 28.4. The fourth-order valence-electron chi connectivity index (χ4n) is 2.99. The van der Waals surface area contributed by atoms with Crippen molar-refractivity contribution in [3.05, 3.63) is 35.9 Å². The summed E-state index contributed by atoms with van der Waals surface area (Å²) in [6, 6.07) is 10.2. The predicted molar refractivity (Wildman–Crippen MR) is 71.7 cm³/mol. The van der Waals surface area contributed by atoms with Gasteiger partial charge in [0.2, 0.25) is 0 Å². The van der Waals surface area contributed by atoms with Crippen molar-refractivity contribution in [2.45, 2.75) is 31.6 Å². The van der Waals surface area contributed by atoms with E-state index in [4.69, 9.17) is 14.3 Å². The Bertz CT molecular complexity index is 464. The zero-order valence-corrected chi connectivity index (χ0v) is 11.5. The van der Waals surface area contributed by atoms with E-state index in [0.29, 0.717) is 19.1 Å². The number of fused-ring (bicyclic) bond motifs is 1. The lowest BCUT2D eigenvalue weighted by Gasteiger charge is -2.20. The fourth-order valence-corrected chi connectivity index (χ4v) is 2.99. The highest BCUT2D eigenvalue weighted by atomic mass is 16.7. The first kappa shape index (κ1) is 13.4. The highest BCUT2D eigenvalue weighted by Gasteiger charge is 2.46. The van der Waals surface area contributed by atoms with E-state index >= 15 is 0 Å². The number of ether oxygens (including phenoxy) is 2. The van der Waals surface area contributed by atoms with Gasteiger partial charge in [-0.15, -0.1) is 0 Å². The molecule has 1 heterocycles. The van der Waals surface area contributed by atoms with Gasteiger partial charge in [0.15, 0.2) is 0 Å². The van der Waals surface area contributed by atoms with Crippen LogP contribution in [0, 0.1) is 5.92 Å². The van der Waals surface area contributed by atoms with Gasteiger partial charge < -0.3 is 9.47 Å². The van der Waals surface area contributed by atoms with Crippen molar-refractivity contribution in [1.29, 1.82) is 0 Å². The van der Waals surface area contributed by atoms with Gasteiger partial charge in [0, 0.05) is 5.92 Å². The first-order valence-corrected chi connectivity index (χ1v) is 6.93. The van der Waals surface area contributed by atoms with Crippen LogP contribution in [0.15, 0.2) is 30.3 Å². The highest BCUT2D eigenvalue weighted by Crippen LogP contribution is 2.37. The van der Waals surface area contributed by atoms with E-state index in [-0.39, 0.29) is 12.1 Å². The summed E-state index contributed by atoms with van der Waals surface area (Å²) < 4.78 is 10.7. The molecule has 1 aliphatic heterocycles. The molecule has 20 heavy (non-hydrogen) atoms. The average molecular weight is 277 g/mol. The first-order valence-electron chi connectivity index (χ1n) is 6.93. The zero-order chi connectivity index (χ0) is 13.9. The zero-order valence-electron chi connectivity index (χ0n) is 11.5. The number of hydrogen-bond donors (Lipinski definition) is 0. The molecule has 0 radical (unpaired) electrons. The van der Waals surface area contributed by atoms with Crippen LogP contribution in [-0.4, -0.2) is 37.0 Å². The van der Waals surface area contributed by atoms with Crippen molar-refractivity contribution in [2.75, 3.05) is 13.7 Å². The standard InChI is InChI=1S/C15H19NO4/c1-18-15(17)16-14-8-13(7-12(14)10-20-16)19-9-11-5-3-2-4-6-11/h2-6,12-14H,7-10H2,1H3/t12-,13+,14-/m0/s1. The molecule has 1 aromatic carbocycles. The third kappa shape index (κ3) is 2.64. The molecule has 1 aliphatic carbocycles. The summed E-state index contributed by atoms with van der Waals surface area (Å²) in [6.07, 6.45) is 1.51. The Morgan fingerprint density at radius 3 is 2.90 bits per heavy atom. The van der Waals surface area contributed by atoms with E-state index < -0.39 is 6.09 Å². The Labute approximate surface area is 118 Å². The number of rotatable bonds is 3. The number of benzene rings is 1. The monoisotopic (exact) mass is 277 g/mol. The molecule has 0 bridgehead atoms. The number of methoxy groups -OCH3 is 1. The molecule has 0 unspecified atom stereocenters. The number of hydroxylamine groups is 2. The summed E-state index contributed by atoms with van der Waals surface area (Å²) in [7, 11) is 1.37. The summed E-state index contributed by atoms with van der Waals surface area (Å²) in [5.74, 6) is 0.356. The second-order valence-corrected chi connectivity index (χ2v) is 5.31. The molecule has 0 spiro atoms. The van der Waals surface area contributed by atoms with Crippen molar-refractivity contribution in [2.24, 2.45) is 5.92 Å². The van der Waals surface area contributed by atoms with Crippen molar-refractivity contribution in [1.82, 2.24) is 5.06 Å². The Morgan fingerprint density at radius 1 is 1.35 bits per heavy atom. The summed E-state index contributed by atoms with van der Waals surface area (Å²) in [6.45, 7) is 1.19. The minimum absolute atomic E-state index is 0.0863. The maximum absolute atomic E-state index is 11.6. The van der Waals surface area contributed by atoms with E-state index in [0.717, 1.165) is 12.8 Å². The summed E-state index contributed by atoms with van der Waals surface area (Å²) in [5.41, 5.74) is 1.17. The Balaban J connectivity index is 1.54. The van der Waals surface area contributed by atoms with Gasteiger partial charge in [0.25, 0.3) is 0 Å². The number of amides is 1. The second-order valence-electron chi connectivity index (χ2n) is 5.31. The van der Waals surface area contributed by atoms with Gasteiger partial charge in [-0.1, -0.05) is 30.3 Å². The van der Waals surface area contributed by atoms with Gasteiger partial charge in [-0.05, 0) is 18.4 Å². The van der Waals surface area contributed by atoms with E-state index in [9.17, 15) is 4.79 Å². The summed E-state index contributed by atoms with van der Waals surface area (Å²) in [5, 5.41) is 1.37. The third-order valence-electron chi connectivity index (χ3n) is 4.03. The molecule has 108 valence electrons. The van der Waals surface area contributed by atoms with Gasteiger partial charge in [-0.25, -0.2) is 4.79 Å².